The van der Waals surface area contributed by atoms with Crippen molar-refractivity contribution in [3.8, 4) is 0 Å². The topological polar surface area (TPSA) is 84.5 Å². The van der Waals surface area contributed by atoms with Crippen LogP contribution >= 0.6 is 0 Å². The molecule has 4 rings (SSSR count). The summed E-state index contributed by atoms with van der Waals surface area (Å²) in [6.45, 7) is 7.72. The summed E-state index contributed by atoms with van der Waals surface area (Å²) >= 11 is 0. The molecule has 0 bridgehead atoms. The van der Waals surface area contributed by atoms with Crippen LogP contribution in [0.2, 0.25) is 0 Å². The highest BCUT2D eigenvalue weighted by molar-refractivity contribution is 6.26. The lowest BCUT2D eigenvalue weighted by Crippen LogP contribution is -2.39. The minimum atomic E-state index is -0.637. The maximum Gasteiger partial charge on any atom is 0.347 e. The van der Waals surface area contributed by atoms with Gasteiger partial charge in [-0.3, -0.25) is 4.79 Å². The van der Waals surface area contributed by atoms with E-state index in [1.54, 1.807) is 25.4 Å². The molecule has 2 atom stereocenters. The van der Waals surface area contributed by atoms with E-state index in [1.165, 1.54) is 0 Å². The van der Waals surface area contributed by atoms with Gasteiger partial charge < -0.3 is 19.4 Å². The lowest BCUT2D eigenvalue weighted by atomic mass is 9.92. The normalized spacial score (nSPS) is 23.8. The third-order valence-electron chi connectivity index (χ3n) is 5.28. The first-order chi connectivity index (χ1) is 14.0. The van der Waals surface area contributed by atoms with Crippen molar-refractivity contribution < 1.29 is 19.1 Å². The van der Waals surface area contributed by atoms with Crippen molar-refractivity contribution in [1.82, 2.24) is 14.9 Å². The molecule has 1 N–H and O–H groups in total. The van der Waals surface area contributed by atoms with E-state index in [9.17, 15) is 9.59 Å². The molecule has 0 aromatic carbocycles. The van der Waals surface area contributed by atoms with Crippen LogP contribution in [0.5, 0.6) is 0 Å². The third kappa shape index (κ3) is 3.64. The number of aromatic amines is 1. The van der Waals surface area contributed by atoms with Crippen LogP contribution in [0.15, 0.2) is 41.7 Å². The number of ether oxygens (including phenoxy) is 2. The molecule has 0 radical (unpaired) electrons. The largest absolute Gasteiger partial charge is 0.462 e. The standard InChI is InChI=1S/C22H25N3O4/c1-4-28-22(27)18-19(26)17(9-15-10-24-20-16(15)6-5-7-23-20)29-21(18)25-11-13(2)8-14(3)12-25/h5-7,9-10,13-14H,4,8,11-12H2,1-3H3,(H,23,24)/t13-,14+. The quantitative estimate of drug-likeness (QED) is 0.486. The summed E-state index contributed by atoms with van der Waals surface area (Å²) in [6, 6.07) is 3.75. The lowest BCUT2D eigenvalue weighted by molar-refractivity contribution is -0.139. The van der Waals surface area contributed by atoms with Gasteiger partial charge in [-0.2, -0.15) is 0 Å². The fourth-order valence-corrected chi connectivity index (χ4v) is 4.19. The summed E-state index contributed by atoms with van der Waals surface area (Å²) in [5.74, 6) is 0.252. The number of ketones is 1. The average molecular weight is 395 g/mol. The fourth-order valence-electron chi connectivity index (χ4n) is 4.19. The van der Waals surface area contributed by atoms with Gasteiger partial charge in [-0.05, 0) is 43.4 Å². The van der Waals surface area contributed by atoms with E-state index in [1.807, 2.05) is 17.0 Å². The second-order valence-electron chi connectivity index (χ2n) is 7.84. The first kappa shape index (κ1) is 19.2. The number of Topliss-reactive ketones (excluding diaryl/α,β-unsaturated/α-hetero) is 1. The number of fused-ring (bicyclic) bond motifs is 1. The van der Waals surface area contributed by atoms with E-state index >= 15 is 0 Å². The second kappa shape index (κ2) is 7.73. The lowest BCUT2D eigenvalue weighted by Gasteiger charge is -2.36. The minimum absolute atomic E-state index is 0.0163. The van der Waals surface area contributed by atoms with E-state index in [0.717, 1.165) is 36.1 Å². The summed E-state index contributed by atoms with van der Waals surface area (Å²) in [6.07, 6.45) is 6.24. The Morgan fingerprint density at radius 2 is 2.14 bits per heavy atom. The zero-order valence-corrected chi connectivity index (χ0v) is 16.9. The Labute approximate surface area is 169 Å². The number of rotatable bonds is 4. The molecule has 2 aliphatic heterocycles. The summed E-state index contributed by atoms with van der Waals surface area (Å²) in [4.78, 5) is 35.0. The van der Waals surface area contributed by atoms with Gasteiger partial charge in [-0.25, -0.2) is 9.78 Å². The van der Waals surface area contributed by atoms with E-state index < -0.39 is 11.8 Å². The van der Waals surface area contributed by atoms with E-state index in [-0.39, 0.29) is 17.9 Å². The Morgan fingerprint density at radius 1 is 1.38 bits per heavy atom. The van der Waals surface area contributed by atoms with Gasteiger partial charge in [0, 0.05) is 36.4 Å². The predicted molar refractivity (Wildman–Crippen MR) is 108 cm³/mol. The maximum absolute atomic E-state index is 13.1. The molecule has 4 heterocycles. The van der Waals surface area contributed by atoms with Crippen molar-refractivity contribution in [2.75, 3.05) is 19.7 Å². The molecule has 0 unspecified atom stereocenters. The molecule has 0 spiro atoms. The van der Waals surface area contributed by atoms with Crippen LogP contribution in [0.4, 0.5) is 0 Å². The summed E-state index contributed by atoms with van der Waals surface area (Å²) < 4.78 is 11.2. The SMILES string of the molecule is CCOC(=O)C1=C(N2C[C@H](C)C[C@H](C)C2)OC(=Cc2c[nH]c3ncccc23)C1=O. The van der Waals surface area contributed by atoms with Gasteiger partial charge in [0.1, 0.15) is 5.65 Å². The van der Waals surface area contributed by atoms with Crippen molar-refractivity contribution in [2.45, 2.75) is 27.2 Å². The number of nitrogens with zero attached hydrogens (tertiary/aromatic N) is 2. The maximum atomic E-state index is 13.1. The molecule has 152 valence electrons. The third-order valence-corrected chi connectivity index (χ3v) is 5.28. The molecular formula is C22H25N3O4. The number of carbonyl (C=O) groups is 2. The molecule has 29 heavy (non-hydrogen) atoms. The van der Waals surface area contributed by atoms with E-state index in [2.05, 4.69) is 23.8 Å². The zero-order chi connectivity index (χ0) is 20.5. The molecule has 7 nitrogen and oxygen atoms in total. The Hall–Kier alpha value is -3.09. The summed E-state index contributed by atoms with van der Waals surface area (Å²) in [5.41, 5.74) is 1.49. The number of esters is 1. The van der Waals surface area contributed by atoms with Gasteiger partial charge in [-0.15, -0.1) is 0 Å². The van der Waals surface area contributed by atoms with Gasteiger partial charge in [-0.1, -0.05) is 13.8 Å². The first-order valence-corrected chi connectivity index (χ1v) is 10.0. The predicted octanol–water partition coefficient (Wildman–Crippen LogP) is 3.26. The van der Waals surface area contributed by atoms with Crippen molar-refractivity contribution in [3.05, 3.63) is 47.3 Å². The van der Waals surface area contributed by atoms with Crippen molar-refractivity contribution in [2.24, 2.45) is 11.8 Å². The van der Waals surface area contributed by atoms with Crippen LogP contribution in [-0.2, 0) is 19.1 Å². The molecule has 0 amide bonds. The van der Waals surface area contributed by atoms with Crippen LogP contribution in [0, 0.1) is 11.8 Å². The van der Waals surface area contributed by atoms with Crippen LogP contribution in [0.25, 0.3) is 17.1 Å². The van der Waals surface area contributed by atoms with Crippen LogP contribution in [0.3, 0.4) is 0 Å². The van der Waals surface area contributed by atoms with Crippen molar-refractivity contribution >= 4 is 28.9 Å². The Balaban J connectivity index is 1.71. The van der Waals surface area contributed by atoms with Gasteiger partial charge in [0.05, 0.1) is 6.61 Å². The number of aromatic nitrogens is 2. The molecule has 7 heteroatoms. The number of piperidine rings is 1. The molecule has 0 aliphatic carbocycles. The first-order valence-electron chi connectivity index (χ1n) is 10.0. The number of hydrogen-bond acceptors (Lipinski definition) is 6. The number of pyridine rings is 1. The van der Waals surface area contributed by atoms with Crippen LogP contribution < -0.4 is 0 Å². The minimum Gasteiger partial charge on any atom is -0.462 e. The number of nitrogens with one attached hydrogen (secondary N) is 1. The van der Waals surface area contributed by atoms with Crippen molar-refractivity contribution in [3.63, 3.8) is 0 Å². The molecular weight excluding hydrogens is 370 g/mol. The van der Waals surface area contributed by atoms with Crippen LogP contribution in [0.1, 0.15) is 32.8 Å². The van der Waals surface area contributed by atoms with Gasteiger partial charge in [0.2, 0.25) is 11.7 Å². The summed E-state index contributed by atoms with van der Waals surface area (Å²) in [7, 11) is 0. The molecule has 2 aliphatic rings. The molecule has 1 fully saturated rings. The molecule has 0 saturated carbocycles. The molecule has 1 saturated heterocycles. The highest BCUT2D eigenvalue weighted by Crippen LogP contribution is 2.34. The Morgan fingerprint density at radius 3 is 2.86 bits per heavy atom. The highest BCUT2D eigenvalue weighted by Gasteiger charge is 2.40. The fraction of sp³-hybridized carbons (Fsp3) is 0.409. The average Bonchev–Trinajstić information content (AvgIpc) is 3.23. The number of allylic oxidation sites excluding steroid dienone is 1. The van der Waals surface area contributed by atoms with Crippen LogP contribution in [-0.4, -0.2) is 46.3 Å². The van der Waals surface area contributed by atoms with Gasteiger partial charge in [0.25, 0.3) is 0 Å². The smallest absolute Gasteiger partial charge is 0.347 e. The Kier molecular flexibility index (Phi) is 5.13. The molecule has 2 aromatic rings. The monoisotopic (exact) mass is 395 g/mol. The summed E-state index contributed by atoms with van der Waals surface area (Å²) in [5, 5.41) is 0.878. The number of carbonyl (C=O) groups excluding carboxylic acids is 2. The van der Waals surface area contributed by atoms with Gasteiger partial charge >= 0.3 is 5.97 Å². The molecule has 2 aromatic heterocycles. The van der Waals surface area contributed by atoms with E-state index in [4.69, 9.17) is 9.47 Å². The highest BCUT2D eigenvalue weighted by atomic mass is 16.5. The zero-order valence-electron chi connectivity index (χ0n) is 16.9. The van der Waals surface area contributed by atoms with Gasteiger partial charge in [0.15, 0.2) is 11.3 Å². The number of H-pyrrole nitrogens is 1. The van der Waals surface area contributed by atoms with Crippen molar-refractivity contribution in [1.29, 1.82) is 0 Å². The van der Waals surface area contributed by atoms with E-state index in [0.29, 0.717) is 17.7 Å². The second-order valence-corrected chi connectivity index (χ2v) is 7.84. The number of hydrogen-bond donors (Lipinski definition) is 1. The Bertz CT molecular complexity index is 1010. The number of likely N-dealkylation sites (tertiary alicyclic amines) is 1.